The highest BCUT2D eigenvalue weighted by Crippen LogP contribution is 2.26. The molecule has 1 rings (SSSR count). The van der Waals surface area contributed by atoms with Crippen LogP contribution in [0.5, 0.6) is 0 Å². The molecule has 1 aliphatic rings. The van der Waals surface area contributed by atoms with Crippen molar-refractivity contribution < 1.29 is 14.3 Å². The summed E-state index contributed by atoms with van der Waals surface area (Å²) in [6.45, 7) is 12.7. The Morgan fingerprint density at radius 1 is 1.30 bits per heavy atom. The van der Waals surface area contributed by atoms with Crippen LogP contribution in [0.2, 0.25) is 0 Å². The van der Waals surface area contributed by atoms with Crippen molar-refractivity contribution in [3.05, 3.63) is 0 Å². The zero-order valence-corrected chi connectivity index (χ0v) is 13.5. The zero-order chi connectivity index (χ0) is 15.5. The highest BCUT2D eigenvalue weighted by atomic mass is 16.5. The van der Waals surface area contributed by atoms with Crippen LogP contribution >= 0.6 is 0 Å². The van der Waals surface area contributed by atoms with E-state index in [2.05, 4.69) is 5.32 Å². The third-order valence-electron chi connectivity index (χ3n) is 3.65. The first-order valence-electron chi connectivity index (χ1n) is 7.44. The standard InChI is InChI=1S/C15H28N2O3/c1-7-11-13(18)16-12(15(4,5)6)14(19)17(11)9-10(3)20-8-2/h10-12H,7-9H2,1-6H3,(H,16,18). The molecule has 0 aromatic rings. The first kappa shape index (κ1) is 17.0. The molecule has 1 fully saturated rings. The van der Waals surface area contributed by atoms with E-state index in [0.29, 0.717) is 19.6 Å². The summed E-state index contributed by atoms with van der Waals surface area (Å²) in [5.41, 5.74) is -0.293. The van der Waals surface area contributed by atoms with E-state index in [4.69, 9.17) is 4.74 Å². The number of ether oxygens (including phenoxy) is 1. The summed E-state index contributed by atoms with van der Waals surface area (Å²) < 4.78 is 5.52. The fourth-order valence-corrected chi connectivity index (χ4v) is 2.59. The van der Waals surface area contributed by atoms with Gasteiger partial charge in [-0.15, -0.1) is 0 Å². The van der Waals surface area contributed by atoms with E-state index in [1.807, 2.05) is 41.5 Å². The quantitative estimate of drug-likeness (QED) is 0.833. The van der Waals surface area contributed by atoms with Crippen LogP contribution in [-0.4, -0.2) is 48.1 Å². The van der Waals surface area contributed by atoms with E-state index in [1.54, 1.807) is 4.90 Å². The molecule has 2 amide bonds. The number of piperazine rings is 1. The third kappa shape index (κ3) is 3.72. The molecule has 116 valence electrons. The average Bonchev–Trinajstić information content (AvgIpc) is 2.32. The fourth-order valence-electron chi connectivity index (χ4n) is 2.59. The Kier molecular flexibility index (Phi) is 5.57. The van der Waals surface area contributed by atoms with E-state index in [-0.39, 0.29) is 29.4 Å². The Bertz CT molecular complexity index is 363. The molecule has 0 saturated carbocycles. The summed E-state index contributed by atoms with van der Waals surface area (Å²) in [5.74, 6) is -0.0637. The second-order valence-electron chi connectivity index (χ2n) is 6.49. The van der Waals surface area contributed by atoms with Crippen molar-refractivity contribution in [3.63, 3.8) is 0 Å². The van der Waals surface area contributed by atoms with Crippen molar-refractivity contribution in [2.24, 2.45) is 5.41 Å². The molecule has 20 heavy (non-hydrogen) atoms. The van der Waals surface area contributed by atoms with E-state index in [1.165, 1.54) is 0 Å². The lowest BCUT2D eigenvalue weighted by Gasteiger charge is -2.43. The SMILES string of the molecule is CCOC(C)CN1C(=O)C(C(C)(C)C)NC(=O)C1CC. The van der Waals surface area contributed by atoms with Crippen molar-refractivity contribution in [1.82, 2.24) is 10.2 Å². The van der Waals surface area contributed by atoms with Gasteiger partial charge in [-0.05, 0) is 25.7 Å². The topological polar surface area (TPSA) is 58.6 Å². The predicted molar refractivity (Wildman–Crippen MR) is 78.3 cm³/mol. The predicted octanol–water partition coefficient (Wildman–Crippen LogP) is 1.56. The van der Waals surface area contributed by atoms with Crippen LogP contribution in [0.4, 0.5) is 0 Å². The van der Waals surface area contributed by atoms with E-state index in [9.17, 15) is 9.59 Å². The maximum absolute atomic E-state index is 12.7. The van der Waals surface area contributed by atoms with Crippen LogP contribution < -0.4 is 5.32 Å². The molecule has 5 nitrogen and oxygen atoms in total. The second kappa shape index (κ2) is 6.57. The molecule has 0 aromatic carbocycles. The van der Waals surface area contributed by atoms with Crippen LogP contribution in [0.1, 0.15) is 48.0 Å². The Labute approximate surface area is 122 Å². The summed E-state index contributed by atoms with van der Waals surface area (Å²) >= 11 is 0. The number of nitrogens with one attached hydrogen (secondary N) is 1. The highest BCUT2D eigenvalue weighted by molar-refractivity contribution is 5.97. The minimum Gasteiger partial charge on any atom is -0.377 e. The van der Waals surface area contributed by atoms with Crippen LogP contribution in [0.25, 0.3) is 0 Å². The molecular weight excluding hydrogens is 256 g/mol. The van der Waals surface area contributed by atoms with Gasteiger partial charge < -0.3 is 15.0 Å². The van der Waals surface area contributed by atoms with Gasteiger partial charge in [0.15, 0.2) is 0 Å². The zero-order valence-electron chi connectivity index (χ0n) is 13.5. The van der Waals surface area contributed by atoms with Crippen LogP contribution in [0.3, 0.4) is 0 Å². The van der Waals surface area contributed by atoms with Gasteiger partial charge in [0.25, 0.3) is 0 Å². The number of rotatable bonds is 5. The molecular formula is C15H28N2O3. The lowest BCUT2D eigenvalue weighted by atomic mass is 9.83. The van der Waals surface area contributed by atoms with Crippen molar-refractivity contribution in [1.29, 1.82) is 0 Å². The van der Waals surface area contributed by atoms with E-state index >= 15 is 0 Å². The Morgan fingerprint density at radius 3 is 2.35 bits per heavy atom. The van der Waals surface area contributed by atoms with Gasteiger partial charge in [-0.3, -0.25) is 9.59 Å². The van der Waals surface area contributed by atoms with Gasteiger partial charge in [-0.1, -0.05) is 27.7 Å². The van der Waals surface area contributed by atoms with Gasteiger partial charge >= 0.3 is 0 Å². The summed E-state index contributed by atoms with van der Waals surface area (Å²) in [6.07, 6.45) is 0.553. The molecule has 3 unspecified atom stereocenters. The smallest absolute Gasteiger partial charge is 0.246 e. The maximum Gasteiger partial charge on any atom is 0.246 e. The number of hydrogen-bond donors (Lipinski definition) is 1. The second-order valence-corrected chi connectivity index (χ2v) is 6.49. The van der Waals surface area contributed by atoms with Gasteiger partial charge in [0, 0.05) is 13.2 Å². The molecule has 0 radical (unpaired) electrons. The van der Waals surface area contributed by atoms with Crippen LogP contribution in [0, 0.1) is 5.41 Å². The largest absolute Gasteiger partial charge is 0.377 e. The number of hydrogen-bond acceptors (Lipinski definition) is 3. The Morgan fingerprint density at radius 2 is 1.90 bits per heavy atom. The lowest BCUT2D eigenvalue weighted by Crippen LogP contribution is -2.67. The average molecular weight is 284 g/mol. The van der Waals surface area contributed by atoms with Crippen LogP contribution in [-0.2, 0) is 14.3 Å². The third-order valence-corrected chi connectivity index (χ3v) is 3.65. The number of nitrogens with zero attached hydrogens (tertiary/aromatic N) is 1. The Balaban J connectivity index is 2.95. The first-order chi connectivity index (χ1) is 9.22. The summed E-state index contributed by atoms with van der Waals surface area (Å²) in [6, 6.07) is -0.851. The van der Waals surface area contributed by atoms with Crippen LogP contribution in [0.15, 0.2) is 0 Å². The van der Waals surface area contributed by atoms with Crippen molar-refractivity contribution in [3.8, 4) is 0 Å². The number of amides is 2. The highest BCUT2D eigenvalue weighted by Gasteiger charge is 2.44. The van der Waals surface area contributed by atoms with Crippen molar-refractivity contribution >= 4 is 11.8 Å². The maximum atomic E-state index is 12.7. The molecule has 0 bridgehead atoms. The van der Waals surface area contributed by atoms with E-state index < -0.39 is 6.04 Å². The molecule has 1 saturated heterocycles. The fraction of sp³-hybridized carbons (Fsp3) is 0.867. The monoisotopic (exact) mass is 284 g/mol. The van der Waals surface area contributed by atoms with Gasteiger partial charge in [-0.25, -0.2) is 0 Å². The van der Waals surface area contributed by atoms with Gasteiger partial charge in [0.05, 0.1) is 6.10 Å². The molecule has 1 N–H and O–H groups in total. The minimum atomic E-state index is -0.466. The molecule has 1 aliphatic heterocycles. The molecule has 0 aliphatic carbocycles. The molecule has 0 aromatic heterocycles. The normalized spacial score (nSPS) is 25.6. The Hall–Kier alpha value is -1.10. The number of carbonyl (C=O) groups is 2. The molecule has 3 atom stereocenters. The van der Waals surface area contributed by atoms with Gasteiger partial charge in [-0.2, -0.15) is 0 Å². The first-order valence-corrected chi connectivity index (χ1v) is 7.44. The summed E-state index contributed by atoms with van der Waals surface area (Å²) in [5, 5.41) is 2.87. The lowest BCUT2D eigenvalue weighted by molar-refractivity contribution is -0.154. The van der Waals surface area contributed by atoms with Gasteiger partial charge in [0.1, 0.15) is 12.1 Å². The van der Waals surface area contributed by atoms with Crippen molar-refractivity contribution in [2.45, 2.75) is 66.2 Å². The van der Waals surface area contributed by atoms with Gasteiger partial charge in [0.2, 0.25) is 11.8 Å². The summed E-state index contributed by atoms with van der Waals surface area (Å²) in [7, 11) is 0. The van der Waals surface area contributed by atoms with Crippen molar-refractivity contribution in [2.75, 3.05) is 13.2 Å². The molecule has 5 heteroatoms. The molecule has 0 spiro atoms. The van der Waals surface area contributed by atoms with E-state index in [0.717, 1.165) is 0 Å². The number of carbonyl (C=O) groups excluding carboxylic acids is 2. The molecule has 1 heterocycles. The summed E-state index contributed by atoms with van der Waals surface area (Å²) in [4.78, 5) is 26.6. The minimum absolute atomic E-state index is 0.00416.